The van der Waals surface area contributed by atoms with E-state index >= 15 is 0 Å². The molecule has 0 aromatic heterocycles. The first-order chi connectivity index (χ1) is 9.89. The van der Waals surface area contributed by atoms with Crippen LogP contribution in [0.3, 0.4) is 0 Å². The number of nitrogens with one attached hydrogen (secondary N) is 1. The average molecular weight is 281 g/mol. The average Bonchev–Trinajstić information content (AvgIpc) is 2.42. The van der Waals surface area contributed by atoms with E-state index in [1.807, 2.05) is 42.5 Å². The van der Waals surface area contributed by atoms with Gasteiger partial charge in [0.05, 0.1) is 0 Å². The Kier molecular flexibility index (Phi) is 8.55. The molecule has 0 aliphatic heterocycles. The van der Waals surface area contributed by atoms with E-state index in [0.29, 0.717) is 0 Å². The minimum Gasteiger partial charge on any atom is -0.380 e. The zero-order valence-corrected chi connectivity index (χ0v) is 13.5. The number of rotatable bonds is 8. The Balaban J connectivity index is 5.94. The zero-order chi connectivity index (χ0) is 16.3. The van der Waals surface area contributed by atoms with E-state index in [1.165, 1.54) is 0 Å². The van der Waals surface area contributed by atoms with Crippen LogP contribution in [0.15, 0.2) is 97.8 Å². The van der Waals surface area contributed by atoms with Crippen molar-refractivity contribution in [1.82, 2.24) is 5.32 Å². The Bertz CT molecular complexity index is 502. The highest BCUT2D eigenvalue weighted by Gasteiger charge is 2.13. The predicted octanol–water partition coefficient (Wildman–Crippen LogP) is 5.41. The van der Waals surface area contributed by atoms with Crippen molar-refractivity contribution in [2.45, 2.75) is 26.3 Å². The van der Waals surface area contributed by atoms with Crippen LogP contribution in [-0.2, 0) is 0 Å². The topological polar surface area (TPSA) is 12.0 Å². The van der Waals surface area contributed by atoms with Gasteiger partial charge in [-0.15, -0.1) is 0 Å². The second-order valence-electron chi connectivity index (χ2n) is 5.45. The van der Waals surface area contributed by atoms with E-state index in [-0.39, 0.29) is 5.54 Å². The summed E-state index contributed by atoms with van der Waals surface area (Å²) in [6.07, 6.45) is 16.8. The fourth-order valence-corrected chi connectivity index (χ4v) is 1.66. The molecule has 0 atom stereocenters. The number of allylic oxidation sites excluding steroid dienone is 11. The van der Waals surface area contributed by atoms with Gasteiger partial charge in [-0.1, -0.05) is 74.9 Å². The summed E-state index contributed by atoms with van der Waals surface area (Å²) in [7, 11) is 0. The van der Waals surface area contributed by atoms with Gasteiger partial charge in [-0.05, 0) is 32.4 Å². The van der Waals surface area contributed by atoms with Gasteiger partial charge in [0.2, 0.25) is 0 Å². The molecule has 0 aromatic carbocycles. The van der Waals surface area contributed by atoms with Gasteiger partial charge in [-0.2, -0.15) is 0 Å². The molecule has 0 aromatic rings. The molecule has 0 radical (unpaired) electrons. The Morgan fingerprint density at radius 2 is 1.48 bits per heavy atom. The summed E-state index contributed by atoms with van der Waals surface area (Å²) in [6.45, 7) is 21.5. The Hall–Kier alpha value is -2.28. The van der Waals surface area contributed by atoms with Crippen molar-refractivity contribution in [1.29, 1.82) is 0 Å². The third kappa shape index (κ3) is 7.78. The van der Waals surface area contributed by atoms with Crippen LogP contribution in [0, 0.1) is 0 Å². The number of hydrogen-bond acceptors (Lipinski definition) is 1. The third-order valence-corrected chi connectivity index (χ3v) is 2.46. The molecule has 0 aliphatic carbocycles. The SMILES string of the molecule is C=C\C=C/C=C(C=C)/C(C=C)=C(/C=C\C=C)NC(C)(C)C. The van der Waals surface area contributed by atoms with Gasteiger partial charge in [0.15, 0.2) is 0 Å². The first-order valence-corrected chi connectivity index (χ1v) is 6.95. The lowest BCUT2D eigenvalue weighted by molar-refractivity contribution is 0.478. The maximum absolute atomic E-state index is 3.93. The molecule has 1 N–H and O–H groups in total. The van der Waals surface area contributed by atoms with Crippen molar-refractivity contribution < 1.29 is 0 Å². The highest BCUT2D eigenvalue weighted by atomic mass is 15.0. The standard InChI is InChI=1S/C20H27N/c1-8-12-14-15-17(10-3)18(11-4)19(16-13-9-2)21-20(5,6)7/h8-16,21H,1-4H2,5-7H3/b14-12-,16-13-,17-15+,19-18-. The largest absolute Gasteiger partial charge is 0.380 e. The van der Waals surface area contributed by atoms with Gasteiger partial charge < -0.3 is 5.32 Å². The fraction of sp³-hybridized carbons (Fsp3) is 0.200. The molecule has 21 heavy (non-hydrogen) atoms. The maximum atomic E-state index is 3.93. The fourth-order valence-electron chi connectivity index (χ4n) is 1.66. The quantitative estimate of drug-likeness (QED) is 0.586. The molecule has 0 amide bonds. The summed E-state index contributed by atoms with van der Waals surface area (Å²) in [6, 6.07) is 0. The summed E-state index contributed by atoms with van der Waals surface area (Å²) in [5.41, 5.74) is 2.91. The van der Waals surface area contributed by atoms with Gasteiger partial charge in [0.1, 0.15) is 0 Å². The summed E-state index contributed by atoms with van der Waals surface area (Å²) in [5.74, 6) is 0. The second kappa shape index (κ2) is 9.60. The lowest BCUT2D eigenvalue weighted by Gasteiger charge is -2.25. The summed E-state index contributed by atoms with van der Waals surface area (Å²) >= 11 is 0. The normalized spacial score (nSPS) is 14.0. The highest BCUT2D eigenvalue weighted by Crippen LogP contribution is 2.19. The van der Waals surface area contributed by atoms with Gasteiger partial charge in [-0.3, -0.25) is 0 Å². The van der Waals surface area contributed by atoms with Crippen LogP contribution in [-0.4, -0.2) is 5.54 Å². The zero-order valence-electron chi connectivity index (χ0n) is 13.5. The summed E-state index contributed by atoms with van der Waals surface area (Å²) in [5, 5.41) is 3.49. The monoisotopic (exact) mass is 281 g/mol. The van der Waals surface area contributed by atoms with Crippen molar-refractivity contribution >= 4 is 0 Å². The van der Waals surface area contributed by atoms with Crippen molar-refractivity contribution in [3.8, 4) is 0 Å². The van der Waals surface area contributed by atoms with E-state index in [2.05, 4.69) is 52.4 Å². The molecule has 1 nitrogen and oxygen atoms in total. The van der Waals surface area contributed by atoms with E-state index < -0.39 is 0 Å². The molecule has 0 saturated heterocycles. The van der Waals surface area contributed by atoms with Crippen molar-refractivity contribution in [3.63, 3.8) is 0 Å². The first kappa shape index (κ1) is 18.7. The molecule has 0 rings (SSSR count). The highest BCUT2D eigenvalue weighted by molar-refractivity contribution is 5.52. The molecule has 1 heteroatoms. The minimum atomic E-state index is -0.0572. The van der Waals surface area contributed by atoms with Crippen LogP contribution in [0.25, 0.3) is 0 Å². The Labute approximate surface area is 130 Å². The third-order valence-electron chi connectivity index (χ3n) is 2.46. The van der Waals surface area contributed by atoms with Crippen molar-refractivity contribution in [2.24, 2.45) is 0 Å². The Morgan fingerprint density at radius 1 is 0.857 bits per heavy atom. The maximum Gasteiger partial charge on any atom is 0.0423 e. The molecule has 0 heterocycles. The molecule has 0 bridgehead atoms. The second-order valence-corrected chi connectivity index (χ2v) is 5.45. The lowest BCUT2D eigenvalue weighted by atomic mass is 10.00. The van der Waals surface area contributed by atoms with Crippen LogP contribution in [0.5, 0.6) is 0 Å². The first-order valence-electron chi connectivity index (χ1n) is 6.95. The van der Waals surface area contributed by atoms with Crippen LogP contribution < -0.4 is 5.32 Å². The number of hydrogen-bond donors (Lipinski definition) is 1. The Morgan fingerprint density at radius 3 is 1.90 bits per heavy atom. The predicted molar refractivity (Wildman–Crippen MR) is 97.1 cm³/mol. The van der Waals surface area contributed by atoms with Crippen molar-refractivity contribution in [3.05, 3.63) is 97.8 Å². The lowest BCUT2D eigenvalue weighted by Crippen LogP contribution is -2.35. The molecule has 0 fully saturated rings. The molecular weight excluding hydrogens is 254 g/mol. The van der Waals surface area contributed by atoms with E-state index in [9.17, 15) is 0 Å². The summed E-state index contributed by atoms with van der Waals surface area (Å²) in [4.78, 5) is 0. The van der Waals surface area contributed by atoms with Crippen LogP contribution >= 0.6 is 0 Å². The molecule has 0 saturated carbocycles. The molecule has 0 spiro atoms. The van der Waals surface area contributed by atoms with Crippen LogP contribution in [0.1, 0.15) is 20.8 Å². The smallest absolute Gasteiger partial charge is 0.0423 e. The van der Waals surface area contributed by atoms with Crippen molar-refractivity contribution in [2.75, 3.05) is 0 Å². The molecule has 112 valence electrons. The molecular formula is C20H27N. The van der Waals surface area contributed by atoms with Gasteiger partial charge in [-0.25, -0.2) is 0 Å². The van der Waals surface area contributed by atoms with Crippen LogP contribution in [0.4, 0.5) is 0 Å². The van der Waals surface area contributed by atoms with Gasteiger partial charge >= 0.3 is 0 Å². The molecule has 0 unspecified atom stereocenters. The van der Waals surface area contributed by atoms with Crippen LogP contribution in [0.2, 0.25) is 0 Å². The van der Waals surface area contributed by atoms with E-state index in [4.69, 9.17) is 0 Å². The van der Waals surface area contributed by atoms with E-state index in [0.717, 1.165) is 16.8 Å². The summed E-state index contributed by atoms with van der Waals surface area (Å²) < 4.78 is 0. The van der Waals surface area contributed by atoms with E-state index in [1.54, 1.807) is 12.2 Å². The molecule has 0 aliphatic rings. The van der Waals surface area contributed by atoms with Gasteiger partial charge in [0, 0.05) is 16.8 Å². The minimum absolute atomic E-state index is 0.0572. The van der Waals surface area contributed by atoms with Gasteiger partial charge in [0.25, 0.3) is 0 Å².